The number of benzene rings is 1. The number of fused-ring (bicyclic) bond motifs is 1. The van der Waals surface area contributed by atoms with Crippen molar-refractivity contribution in [3.05, 3.63) is 46.3 Å². The fourth-order valence-electron chi connectivity index (χ4n) is 3.82. The highest BCUT2D eigenvalue weighted by Gasteiger charge is 2.41. The molecule has 1 aromatic carbocycles. The zero-order valence-corrected chi connectivity index (χ0v) is 14.1. The van der Waals surface area contributed by atoms with Crippen LogP contribution in [0, 0.1) is 5.41 Å². The van der Waals surface area contributed by atoms with Gasteiger partial charge in [0.15, 0.2) is 5.43 Å². The summed E-state index contributed by atoms with van der Waals surface area (Å²) in [6, 6.07) is 7.24. The van der Waals surface area contributed by atoms with E-state index in [9.17, 15) is 15.0 Å². The van der Waals surface area contributed by atoms with Gasteiger partial charge in [-0.25, -0.2) is 0 Å². The van der Waals surface area contributed by atoms with Crippen LogP contribution in [0.2, 0.25) is 0 Å². The van der Waals surface area contributed by atoms with E-state index in [0.29, 0.717) is 42.6 Å². The molecule has 0 amide bonds. The molecule has 0 saturated carbocycles. The second-order valence-corrected chi connectivity index (χ2v) is 6.87. The van der Waals surface area contributed by atoms with E-state index >= 15 is 0 Å². The second kappa shape index (κ2) is 7.05. The monoisotopic (exact) mass is 331 g/mol. The zero-order valence-electron chi connectivity index (χ0n) is 14.1. The Morgan fingerprint density at radius 2 is 2.17 bits per heavy atom. The van der Waals surface area contributed by atoms with Gasteiger partial charge in [0.1, 0.15) is 5.58 Å². The van der Waals surface area contributed by atoms with Crippen molar-refractivity contribution in [3.8, 4) is 0 Å². The Bertz CT molecular complexity index is 756. The Labute approximate surface area is 141 Å². The summed E-state index contributed by atoms with van der Waals surface area (Å²) >= 11 is 0. The van der Waals surface area contributed by atoms with E-state index < -0.39 is 11.5 Å². The lowest BCUT2D eigenvalue weighted by atomic mass is 9.74. The van der Waals surface area contributed by atoms with Crippen molar-refractivity contribution in [2.45, 2.75) is 38.8 Å². The normalized spacial score (nSPS) is 25.2. The standard InChI is InChI=1S/C19H25NO4/c1-2-8-19(13-21)12-20(9-7-17(19)22)10-14-11-24-16-6-4-3-5-15(16)18(14)23/h3-6,11,17,21-22H,2,7-10,12-13H2,1H3/t17-,19+/m0/s1. The lowest BCUT2D eigenvalue weighted by Gasteiger charge is -2.45. The molecule has 0 aliphatic carbocycles. The number of para-hydroxylation sites is 1. The first-order valence-electron chi connectivity index (χ1n) is 8.60. The largest absolute Gasteiger partial charge is 0.464 e. The fraction of sp³-hybridized carbons (Fsp3) is 0.526. The van der Waals surface area contributed by atoms with Crippen LogP contribution in [-0.4, -0.2) is 40.9 Å². The third-order valence-corrected chi connectivity index (χ3v) is 5.17. The maximum absolute atomic E-state index is 12.6. The minimum atomic E-state index is -0.496. The van der Waals surface area contributed by atoms with E-state index in [1.54, 1.807) is 12.1 Å². The van der Waals surface area contributed by atoms with E-state index in [4.69, 9.17) is 4.42 Å². The predicted molar refractivity (Wildman–Crippen MR) is 92.8 cm³/mol. The van der Waals surface area contributed by atoms with E-state index in [0.717, 1.165) is 12.8 Å². The number of rotatable bonds is 5. The third kappa shape index (κ3) is 3.11. The molecule has 2 atom stereocenters. The lowest BCUT2D eigenvalue weighted by molar-refractivity contribution is -0.0820. The van der Waals surface area contributed by atoms with Gasteiger partial charge in [0.2, 0.25) is 0 Å². The summed E-state index contributed by atoms with van der Waals surface area (Å²) in [6.07, 6.45) is 3.33. The SMILES string of the molecule is CCC[C@]1(CO)CN(Cc2coc3ccccc3c2=O)CC[C@@H]1O. The molecule has 2 N–H and O–H groups in total. The van der Waals surface area contributed by atoms with Crippen LogP contribution in [0.3, 0.4) is 0 Å². The molecule has 24 heavy (non-hydrogen) atoms. The molecule has 130 valence electrons. The Morgan fingerprint density at radius 1 is 1.38 bits per heavy atom. The number of hydrogen-bond donors (Lipinski definition) is 2. The molecule has 1 fully saturated rings. The van der Waals surface area contributed by atoms with Crippen LogP contribution in [0.15, 0.2) is 39.7 Å². The summed E-state index contributed by atoms with van der Waals surface area (Å²) in [4.78, 5) is 14.8. The number of nitrogens with zero attached hydrogens (tertiary/aromatic N) is 1. The quantitative estimate of drug-likeness (QED) is 0.878. The van der Waals surface area contributed by atoms with Gasteiger partial charge in [0, 0.05) is 30.6 Å². The van der Waals surface area contributed by atoms with Crippen molar-refractivity contribution in [1.82, 2.24) is 4.90 Å². The molecule has 3 rings (SSSR count). The van der Waals surface area contributed by atoms with E-state index in [2.05, 4.69) is 11.8 Å². The van der Waals surface area contributed by atoms with Gasteiger partial charge < -0.3 is 14.6 Å². The first kappa shape index (κ1) is 17.1. The van der Waals surface area contributed by atoms with Crippen LogP contribution in [0.4, 0.5) is 0 Å². The summed E-state index contributed by atoms with van der Waals surface area (Å²) in [5.41, 5.74) is 0.710. The van der Waals surface area contributed by atoms with Crippen LogP contribution in [0.5, 0.6) is 0 Å². The molecule has 1 aliphatic rings. The van der Waals surface area contributed by atoms with Crippen LogP contribution < -0.4 is 5.43 Å². The van der Waals surface area contributed by atoms with Gasteiger partial charge in [0.05, 0.1) is 24.4 Å². The van der Waals surface area contributed by atoms with Crippen LogP contribution in [-0.2, 0) is 6.54 Å². The molecule has 0 unspecified atom stereocenters. The molecule has 1 aliphatic heterocycles. The van der Waals surface area contributed by atoms with E-state index in [-0.39, 0.29) is 12.0 Å². The van der Waals surface area contributed by atoms with Crippen molar-refractivity contribution < 1.29 is 14.6 Å². The Balaban J connectivity index is 1.83. The highest BCUT2D eigenvalue weighted by atomic mass is 16.3. The van der Waals surface area contributed by atoms with Crippen molar-refractivity contribution in [2.24, 2.45) is 5.41 Å². The first-order chi connectivity index (χ1) is 11.6. The average Bonchev–Trinajstić information content (AvgIpc) is 2.60. The molecule has 0 bridgehead atoms. The molecule has 0 radical (unpaired) electrons. The number of hydrogen-bond acceptors (Lipinski definition) is 5. The maximum Gasteiger partial charge on any atom is 0.197 e. The topological polar surface area (TPSA) is 73.9 Å². The van der Waals surface area contributed by atoms with Gasteiger partial charge in [0.25, 0.3) is 0 Å². The summed E-state index contributed by atoms with van der Waals surface area (Å²) < 4.78 is 5.59. The van der Waals surface area contributed by atoms with Gasteiger partial charge >= 0.3 is 0 Å². The molecular formula is C19H25NO4. The number of likely N-dealkylation sites (tertiary alicyclic amines) is 1. The van der Waals surface area contributed by atoms with Gasteiger partial charge in [-0.2, -0.15) is 0 Å². The van der Waals surface area contributed by atoms with Gasteiger partial charge in [-0.3, -0.25) is 9.69 Å². The minimum absolute atomic E-state index is 0.00642. The molecule has 5 heteroatoms. The first-order valence-corrected chi connectivity index (χ1v) is 8.60. The molecule has 0 spiro atoms. The number of aliphatic hydroxyl groups is 2. The van der Waals surface area contributed by atoms with Crippen LogP contribution in [0.1, 0.15) is 31.7 Å². The number of aliphatic hydroxyl groups excluding tert-OH is 2. The molecule has 1 saturated heterocycles. The van der Waals surface area contributed by atoms with Gasteiger partial charge in [-0.05, 0) is 25.0 Å². The van der Waals surface area contributed by atoms with Crippen molar-refractivity contribution in [3.63, 3.8) is 0 Å². The average molecular weight is 331 g/mol. The fourth-order valence-corrected chi connectivity index (χ4v) is 3.82. The summed E-state index contributed by atoms with van der Waals surface area (Å²) in [7, 11) is 0. The molecular weight excluding hydrogens is 306 g/mol. The van der Waals surface area contributed by atoms with Crippen LogP contribution >= 0.6 is 0 Å². The molecule has 5 nitrogen and oxygen atoms in total. The molecule has 2 heterocycles. The minimum Gasteiger partial charge on any atom is -0.464 e. The zero-order chi connectivity index (χ0) is 17.2. The van der Waals surface area contributed by atoms with Crippen molar-refractivity contribution in [2.75, 3.05) is 19.7 Å². The lowest BCUT2D eigenvalue weighted by Crippen LogP contribution is -2.53. The predicted octanol–water partition coefficient (Wildman–Crippen LogP) is 2.14. The van der Waals surface area contributed by atoms with Crippen molar-refractivity contribution >= 4 is 11.0 Å². The smallest absolute Gasteiger partial charge is 0.197 e. The Kier molecular flexibility index (Phi) is 5.04. The van der Waals surface area contributed by atoms with Crippen LogP contribution in [0.25, 0.3) is 11.0 Å². The molecule has 2 aromatic rings. The number of piperidine rings is 1. The van der Waals surface area contributed by atoms with Gasteiger partial charge in [-0.1, -0.05) is 25.5 Å². The maximum atomic E-state index is 12.6. The van der Waals surface area contributed by atoms with Gasteiger partial charge in [-0.15, -0.1) is 0 Å². The summed E-state index contributed by atoms with van der Waals surface area (Å²) in [5, 5.41) is 20.8. The van der Waals surface area contributed by atoms with E-state index in [1.165, 1.54) is 6.26 Å². The second-order valence-electron chi connectivity index (χ2n) is 6.87. The molecule has 1 aromatic heterocycles. The highest BCUT2D eigenvalue weighted by Crippen LogP contribution is 2.35. The Hall–Kier alpha value is -1.69. The summed E-state index contributed by atoms with van der Waals surface area (Å²) in [5.74, 6) is 0. The Morgan fingerprint density at radius 3 is 2.92 bits per heavy atom. The van der Waals surface area contributed by atoms with Crippen molar-refractivity contribution in [1.29, 1.82) is 0 Å². The van der Waals surface area contributed by atoms with E-state index in [1.807, 2.05) is 12.1 Å². The summed E-state index contributed by atoms with van der Waals surface area (Å²) in [6.45, 7) is 3.79. The highest BCUT2D eigenvalue weighted by molar-refractivity contribution is 5.76. The third-order valence-electron chi connectivity index (χ3n) is 5.17.